The molecule has 1 saturated carbocycles. The second kappa shape index (κ2) is 9.56. The average Bonchev–Trinajstić information content (AvgIpc) is 2.58. The zero-order chi connectivity index (χ0) is 18.4. The van der Waals surface area contributed by atoms with Gasteiger partial charge in [-0.15, -0.1) is 0 Å². The summed E-state index contributed by atoms with van der Waals surface area (Å²) in [6.45, 7) is 5.90. The fraction of sp³-hybridized carbons (Fsp3) is 1.00. The molecule has 1 aliphatic heterocycles. The van der Waals surface area contributed by atoms with Crippen LogP contribution in [0.15, 0.2) is 0 Å². The van der Waals surface area contributed by atoms with Crippen molar-refractivity contribution in [2.75, 3.05) is 33.3 Å². The van der Waals surface area contributed by atoms with Crippen LogP contribution in [0.2, 0.25) is 0 Å². The van der Waals surface area contributed by atoms with Crippen molar-refractivity contribution >= 4 is 0 Å². The topological polar surface area (TPSA) is 15.7 Å². The summed E-state index contributed by atoms with van der Waals surface area (Å²) in [6, 6.07) is -1.37. The van der Waals surface area contributed by atoms with Gasteiger partial charge in [-0.2, -0.15) is 13.2 Å². The fourth-order valence-electron chi connectivity index (χ4n) is 4.39. The van der Waals surface area contributed by atoms with E-state index in [0.717, 1.165) is 44.7 Å². The van der Waals surface area contributed by atoms with Gasteiger partial charge < -0.3 is 9.64 Å². The Labute approximate surface area is 150 Å². The van der Waals surface area contributed by atoms with Crippen LogP contribution in [0.25, 0.3) is 0 Å². The molecule has 2 aliphatic rings. The molecule has 1 atom stereocenters. The summed E-state index contributed by atoms with van der Waals surface area (Å²) in [4.78, 5) is 3.61. The van der Waals surface area contributed by atoms with Crippen molar-refractivity contribution in [1.82, 2.24) is 9.80 Å². The number of hydrogen-bond donors (Lipinski definition) is 0. The zero-order valence-electron chi connectivity index (χ0n) is 16.0. The Balaban J connectivity index is 1.68. The number of methoxy groups -OCH3 is 1. The Kier molecular flexibility index (Phi) is 8.02. The first-order chi connectivity index (χ1) is 11.8. The number of alkyl halides is 3. The van der Waals surface area contributed by atoms with Crippen molar-refractivity contribution in [2.24, 2.45) is 5.92 Å². The zero-order valence-corrected chi connectivity index (χ0v) is 16.0. The lowest BCUT2D eigenvalue weighted by Crippen LogP contribution is -2.60. The van der Waals surface area contributed by atoms with E-state index in [2.05, 4.69) is 0 Å². The molecule has 0 spiro atoms. The van der Waals surface area contributed by atoms with Gasteiger partial charge in [0.25, 0.3) is 0 Å². The first-order valence-electron chi connectivity index (χ1n) is 9.89. The smallest absolute Gasteiger partial charge is 0.381 e. The molecule has 0 unspecified atom stereocenters. The Morgan fingerprint density at radius 3 is 2.28 bits per heavy atom. The van der Waals surface area contributed by atoms with Crippen molar-refractivity contribution in [3.63, 3.8) is 0 Å². The molecule has 148 valence electrons. The predicted molar refractivity (Wildman–Crippen MR) is 94.7 cm³/mol. The highest BCUT2D eigenvalue weighted by Gasteiger charge is 2.46. The molecule has 2 rings (SSSR count). The first-order valence-corrected chi connectivity index (χ1v) is 9.89. The molecule has 2 fully saturated rings. The van der Waals surface area contributed by atoms with Crippen molar-refractivity contribution in [2.45, 2.75) is 83.2 Å². The van der Waals surface area contributed by atoms with Crippen LogP contribution in [0.5, 0.6) is 0 Å². The van der Waals surface area contributed by atoms with E-state index >= 15 is 0 Å². The van der Waals surface area contributed by atoms with Gasteiger partial charge in [0, 0.05) is 32.8 Å². The van der Waals surface area contributed by atoms with Crippen LogP contribution < -0.4 is 0 Å². The lowest BCUT2D eigenvalue weighted by Gasteiger charge is -2.44. The summed E-state index contributed by atoms with van der Waals surface area (Å²) in [7, 11) is 1.79. The predicted octanol–water partition coefficient (Wildman–Crippen LogP) is 4.32. The van der Waals surface area contributed by atoms with E-state index in [1.165, 1.54) is 19.3 Å². The lowest BCUT2D eigenvalue weighted by molar-refractivity contribution is -0.202. The van der Waals surface area contributed by atoms with Crippen LogP contribution in [0, 0.1) is 5.92 Å². The van der Waals surface area contributed by atoms with E-state index in [9.17, 15) is 13.2 Å². The number of piperazine rings is 1. The monoisotopic (exact) mass is 364 g/mol. The van der Waals surface area contributed by atoms with Crippen LogP contribution in [0.1, 0.15) is 58.8 Å². The molecule has 0 amide bonds. The molecule has 3 nitrogen and oxygen atoms in total. The van der Waals surface area contributed by atoms with Crippen LogP contribution in [-0.4, -0.2) is 67.5 Å². The molecule has 1 heterocycles. The molecule has 6 heteroatoms. The highest BCUT2D eigenvalue weighted by Crippen LogP contribution is 2.31. The maximum Gasteiger partial charge on any atom is 0.405 e. The molecule has 0 aromatic rings. The molecule has 0 bridgehead atoms. The Morgan fingerprint density at radius 1 is 1.04 bits per heavy atom. The third-order valence-electron chi connectivity index (χ3n) is 6.01. The van der Waals surface area contributed by atoms with E-state index < -0.39 is 12.2 Å². The van der Waals surface area contributed by atoms with Crippen LogP contribution in [0.3, 0.4) is 0 Å². The van der Waals surface area contributed by atoms with Gasteiger partial charge in [-0.3, -0.25) is 4.90 Å². The van der Waals surface area contributed by atoms with E-state index in [-0.39, 0.29) is 12.6 Å². The van der Waals surface area contributed by atoms with Gasteiger partial charge in [0.05, 0.1) is 6.10 Å². The van der Waals surface area contributed by atoms with Gasteiger partial charge in [-0.1, -0.05) is 12.8 Å². The Bertz CT molecular complexity index is 381. The van der Waals surface area contributed by atoms with E-state index in [4.69, 9.17) is 4.74 Å². The summed E-state index contributed by atoms with van der Waals surface area (Å²) in [5.74, 6) is 0.784. The molecule has 1 saturated heterocycles. The molecule has 1 aliphatic carbocycles. The molecule has 0 aromatic carbocycles. The molecular formula is C19H35F3N2O. The summed E-state index contributed by atoms with van der Waals surface area (Å²) in [5, 5.41) is 0. The van der Waals surface area contributed by atoms with E-state index in [0.29, 0.717) is 12.6 Å². The molecular weight excluding hydrogens is 329 g/mol. The average molecular weight is 364 g/mol. The van der Waals surface area contributed by atoms with Gasteiger partial charge in [0.1, 0.15) is 6.04 Å². The van der Waals surface area contributed by atoms with Gasteiger partial charge in [-0.25, -0.2) is 0 Å². The van der Waals surface area contributed by atoms with E-state index in [1.54, 1.807) is 12.0 Å². The van der Waals surface area contributed by atoms with Gasteiger partial charge in [0.15, 0.2) is 0 Å². The number of nitrogens with zero attached hydrogens (tertiary/aromatic N) is 2. The first kappa shape index (κ1) is 21.0. The largest absolute Gasteiger partial charge is 0.405 e. The van der Waals surface area contributed by atoms with Gasteiger partial charge in [-0.05, 0) is 58.4 Å². The number of halogens is 3. The quantitative estimate of drug-likeness (QED) is 0.626. The van der Waals surface area contributed by atoms with Crippen LogP contribution >= 0.6 is 0 Å². The van der Waals surface area contributed by atoms with Crippen LogP contribution in [0.4, 0.5) is 13.2 Å². The lowest BCUT2D eigenvalue weighted by atomic mass is 9.84. The SMILES string of the molecule is COC1CCC(CCCCN2CCN(C(C)C)[C@H](C(F)(F)F)C2)CC1. The summed E-state index contributed by atoms with van der Waals surface area (Å²) in [6.07, 6.45) is 4.45. The highest BCUT2D eigenvalue weighted by molar-refractivity contribution is 4.88. The number of hydrogen-bond acceptors (Lipinski definition) is 3. The minimum Gasteiger partial charge on any atom is -0.381 e. The molecule has 0 N–H and O–H groups in total. The van der Waals surface area contributed by atoms with Crippen molar-refractivity contribution in [3.05, 3.63) is 0 Å². The van der Waals surface area contributed by atoms with Gasteiger partial charge in [0.2, 0.25) is 0 Å². The third kappa shape index (κ3) is 6.40. The second-order valence-corrected chi connectivity index (χ2v) is 8.06. The van der Waals surface area contributed by atoms with Crippen molar-refractivity contribution in [1.29, 1.82) is 0 Å². The third-order valence-corrected chi connectivity index (χ3v) is 6.01. The molecule has 0 aromatic heterocycles. The standard InChI is InChI=1S/C19H35F3N2O/c1-15(2)24-13-12-23(14-18(24)19(20,21)22)11-5-4-6-16-7-9-17(25-3)10-8-16/h15-18H,4-14H2,1-3H3/t16?,17?,18-/m0/s1. The Morgan fingerprint density at radius 2 is 1.72 bits per heavy atom. The minimum atomic E-state index is -4.14. The van der Waals surface area contributed by atoms with Crippen LogP contribution in [-0.2, 0) is 4.74 Å². The summed E-state index contributed by atoms with van der Waals surface area (Å²) < 4.78 is 45.4. The second-order valence-electron chi connectivity index (χ2n) is 8.06. The normalized spacial score (nSPS) is 30.1. The summed E-state index contributed by atoms with van der Waals surface area (Å²) >= 11 is 0. The van der Waals surface area contributed by atoms with Crippen molar-refractivity contribution in [3.8, 4) is 0 Å². The van der Waals surface area contributed by atoms with Gasteiger partial charge >= 0.3 is 6.18 Å². The summed E-state index contributed by atoms with van der Waals surface area (Å²) in [5.41, 5.74) is 0. The number of rotatable bonds is 7. The number of unbranched alkanes of at least 4 members (excludes halogenated alkanes) is 1. The minimum absolute atomic E-state index is 0.0593. The highest BCUT2D eigenvalue weighted by atomic mass is 19.4. The number of ether oxygens (including phenoxy) is 1. The molecule has 25 heavy (non-hydrogen) atoms. The maximum atomic E-state index is 13.3. The molecule has 0 radical (unpaired) electrons. The maximum absolute atomic E-state index is 13.3. The van der Waals surface area contributed by atoms with Crippen molar-refractivity contribution < 1.29 is 17.9 Å². The Hall–Kier alpha value is -0.330. The van der Waals surface area contributed by atoms with E-state index in [1.807, 2.05) is 18.7 Å². The fourth-order valence-corrected chi connectivity index (χ4v) is 4.39.